The zero-order chi connectivity index (χ0) is 17.4. The molecule has 0 aliphatic heterocycles. The molecule has 0 saturated heterocycles. The quantitative estimate of drug-likeness (QED) is 0.688. The summed E-state index contributed by atoms with van der Waals surface area (Å²) in [5.41, 5.74) is 1.16. The Morgan fingerprint density at radius 1 is 1.20 bits per heavy atom. The molecule has 0 bridgehead atoms. The summed E-state index contributed by atoms with van der Waals surface area (Å²) < 4.78 is 1.58. The molecule has 1 atom stereocenters. The van der Waals surface area contributed by atoms with E-state index in [0.717, 1.165) is 10.4 Å². The zero-order valence-electron chi connectivity index (χ0n) is 14.1. The van der Waals surface area contributed by atoms with Crippen molar-refractivity contribution in [2.45, 2.75) is 38.5 Å². The van der Waals surface area contributed by atoms with Crippen molar-refractivity contribution in [3.63, 3.8) is 0 Å². The lowest BCUT2D eigenvalue weighted by molar-refractivity contribution is 0.140. The predicted molar refractivity (Wildman–Crippen MR) is 101 cm³/mol. The van der Waals surface area contributed by atoms with Crippen LogP contribution in [-0.2, 0) is 6.67 Å². The van der Waals surface area contributed by atoms with Crippen LogP contribution in [0.4, 0.5) is 0 Å². The normalized spacial score (nSPS) is 15.6. The van der Waals surface area contributed by atoms with Crippen molar-refractivity contribution in [2.24, 2.45) is 0 Å². The SMILES string of the molecule is CC(c1ccc(Cl)cc1)N(Cn1ncc2ccccc2c1=O)C1CC1. The summed E-state index contributed by atoms with van der Waals surface area (Å²) >= 11 is 6.01. The third kappa shape index (κ3) is 3.32. The number of halogens is 1. The molecule has 0 spiro atoms. The first-order valence-corrected chi connectivity index (χ1v) is 8.97. The smallest absolute Gasteiger partial charge is 0.274 e. The van der Waals surface area contributed by atoms with Crippen LogP contribution in [0, 0.1) is 0 Å². The van der Waals surface area contributed by atoms with Crippen LogP contribution in [0.15, 0.2) is 59.5 Å². The average molecular weight is 354 g/mol. The van der Waals surface area contributed by atoms with Gasteiger partial charge < -0.3 is 0 Å². The molecule has 0 N–H and O–H groups in total. The number of hydrogen-bond acceptors (Lipinski definition) is 3. The van der Waals surface area contributed by atoms with Gasteiger partial charge in [-0.15, -0.1) is 0 Å². The van der Waals surface area contributed by atoms with Crippen molar-refractivity contribution < 1.29 is 0 Å². The van der Waals surface area contributed by atoms with E-state index in [4.69, 9.17) is 11.6 Å². The van der Waals surface area contributed by atoms with Gasteiger partial charge in [0.2, 0.25) is 0 Å². The summed E-state index contributed by atoms with van der Waals surface area (Å²) in [6.07, 6.45) is 4.11. The summed E-state index contributed by atoms with van der Waals surface area (Å²) in [4.78, 5) is 15.1. The zero-order valence-corrected chi connectivity index (χ0v) is 14.9. The van der Waals surface area contributed by atoms with Gasteiger partial charge in [-0.25, -0.2) is 4.68 Å². The van der Waals surface area contributed by atoms with Crippen molar-refractivity contribution in [1.82, 2.24) is 14.7 Å². The maximum atomic E-state index is 12.8. The molecule has 4 rings (SSSR count). The minimum atomic E-state index is -0.0351. The fourth-order valence-electron chi connectivity index (χ4n) is 3.28. The van der Waals surface area contributed by atoms with Crippen LogP contribution < -0.4 is 5.56 Å². The van der Waals surface area contributed by atoms with Gasteiger partial charge >= 0.3 is 0 Å². The number of fused-ring (bicyclic) bond motifs is 1. The van der Waals surface area contributed by atoms with Gasteiger partial charge in [-0.3, -0.25) is 9.69 Å². The van der Waals surface area contributed by atoms with E-state index >= 15 is 0 Å². The van der Waals surface area contributed by atoms with E-state index in [-0.39, 0.29) is 11.6 Å². The highest BCUT2D eigenvalue weighted by molar-refractivity contribution is 6.30. The Morgan fingerprint density at radius 2 is 1.92 bits per heavy atom. The number of nitrogens with zero attached hydrogens (tertiary/aromatic N) is 3. The fraction of sp³-hybridized carbons (Fsp3) is 0.300. The standard InChI is InChI=1S/C20H20ClN3O/c1-14(15-6-8-17(21)9-7-15)23(18-10-11-18)13-24-20(25)19-5-3-2-4-16(19)12-22-24/h2-9,12,14,18H,10-11,13H2,1H3. The van der Waals surface area contributed by atoms with E-state index in [1.165, 1.54) is 18.4 Å². The van der Waals surface area contributed by atoms with E-state index in [1.807, 2.05) is 36.4 Å². The molecule has 5 heteroatoms. The monoisotopic (exact) mass is 353 g/mol. The van der Waals surface area contributed by atoms with Gasteiger partial charge in [0.1, 0.15) is 0 Å². The van der Waals surface area contributed by atoms with Gasteiger partial charge in [0, 0.05) is 22.5 Å². The van der Waals surface area contributed by atoms with Gasteiger partial charge in [-0.05, 0) is 43.5 Å². The van der Waals surface area contributed by atoms with E-state index in [1.54, 1.807) is 10.9 Å². The van der Waals surface area contributed by atoms with E-state index < -0.39 is 0 Å². The van der Waals surface area contributed by atoms with Crippen LogP contribution in [0.2, 0.25) is 5.02 Å². The molecule has 1 fully saturated rings. The molecule has 0 radical (unpaired) electrons. The largest absolute Gasteiger partial charge is 0.275 e. The molecular weight excluding hydrogens is 334 g/mol. The van der Waals surface area contributed by atoms with Crippen LogP contribution in [0.5, 0.6) is 0 Å². The van der Waals surface area contributed by atoms with Crippen LogP contribution in [0.1, 0.15) is 31.4 Å². The van der Waals surface area contributed by atoms with Crippen molar-refractivity contribution in [3.05, 3.63) is 75.7 Å². The number of aromatic nitrogens is 2. The highest BCUT2D eigenvalue weighted by Crippen LogP contribution is 2.34. The highest BCUT2D eigenvalue weighted by Gasteiger charge is 2.33. The van der Waals surface area contributed by atoms with Crippen molar-refractivity contribution in [2.75, 3.05) is 0 Å². The third-order valence-corrected chi connectivity index (χ3v) is 5.18. The molecule has 0 amide bonds. The minimum Gasteiger partial charge on any atom is -0.274 e. The Morgan fingerprint density at radius 3 is 2.64 bits per heavy atom. The van der Waals surface area contributed by atoms with E-state index in [9.17, 15) is 4.79 Å². The molecule has 1 aliphatic rings. The second kappa shape index (κ2) is 6.62. The predicted octanol–water partition coefficient (Wildman–Crippen LogP) is 4.23. The lowest BCUT2D eigenvalue weighted by atomic mass is 10.1. The molecule has 2 aromatic carbocycles. The number of rotatable bonds is 5. The summed E-state index contributed by atoms with van der Waals surface area (Å²) in [6.45, 7) is 2.67. The van der Waals surface area contributed by atoms with Crippen molar-refractivity contribution >= 4 is 22.4 Å². The molecule has 4 nitrogen and oxygen atoms in total. The second-order valence-corrected chi connectivity index (χ2v) is 7.09. The van der Waals surface area contributed by atoms with E-state index in [2.05, 4.69) is 29.1 Å². The Hall–Kier alpha value is -2.17. The maximum absolute atomic E-state index is 12.8. The van der Waals surface area contributed by atoms with Gasteiger partial charge in [0.15, 0.2) is 0 Å². The third-order valence-electron chi connectivity index (χ3n) is 4.92. The Kier molecular flexibility index (Phi) is 4.32. The second-order valence-electron chi connectivity index (χ2n) is 6.65. The molecule has 1 heterocycles. The average Bonchev–Trinajstić information content (AvgIpc) is 3.46. The van der Waals surface area contributed by atoms with Crippen LogP contribution in [0.25, 0.3) is 10.8 Å². The first-order chi connectivity index (χ1) is 12.1. The number of benzene rings is 2. The summed E-state index contributed by atoms with van der Waals surface area (Å²) in [5, 5.41) is 6.72. The first kappa shape index (κ1) is 16.3. The first-order valence-electron chi connectivity index (χ1n) is 8.59. The lowest BCUT2D eigenvalue weighted by Gasteiger charge is -2.29. The molecule has 1 saturated carbocycles. The van der Waals surface area contributed by atoms with Gasteiger partial charge in [0.05, 0.1) is 18.3 Å². The lowest BCUT2D eigenvalue weighted by Crippen LogP contribution is -2.36. The highest BCUT2D eigenvalue weighted by atomic mass is 35.5. The summed E-state index contributed by atoms with van der Waals surface area (Å²) in [5.74, 6) is 0. The molecular formula is C20H20ClN3O. The van der Waals surface area contributed by atoms with Crippen molar-refractivity contribution in [1.29, 1.82) is 0 Å². The van der Waals surface area contributed by atoms with Gasteiger partial charge in [-0.2, -0.15) is 5.10 Å². The Labute approximate surface area is 151 Å². The van der Waals surface area contributed by atoms with Crippen LogP contribution in [0.3, 0.4) is 0 Å². The van der Waals surface area contributed by atoms with Gasteiger partial charge in [0.25, 0.3) is 5.56 Å². The molecule has 1 aliphatic carbocycles. The van der Waals surface area contributed by atoms with Gasteiger partial charge in [-0.1, -0.05) is 41.9 Å². The van der Waals surface area contributed by atoms with Crippen LogP contribution >= 0.6 is 11.6 Å². The topological polar surface area (TPSA) is 38.1 Å². The fourth-order valence-corrected chi connectivity index (χ4v) is 3.40. The minimum absolute atomic E-state index is 0.0351. The van der Waals surface area contributed by atoms with E-state index in [0.29, 0.717) is 18.1 Å². The maximum Gasteiger partial charge on any atom is 0.275 e. The molecule has 3 aromatic rings. The molecule has 1 unspecified atom stereocenters. The Balaban J connectivity index is 1.65. The molecule has 25 heavy (non-hydrogen) atoms. The molecule has 128 valence electrons. The summed E-state index contributed by atoms with van der Waals surface area (Å²) in [7, 11) is 0. The van der Waals surface area contributed by atoms with Crippen LogP contribution in [-0.4, -0.2) is 20.7 Å². The molecule has 1 aromatic heterocycles. The van der Waals surface area contributed by atoms with Crippen molar-refractivity contribution in [3.8, 4) is 0 Å². The number of hydrogen-bond donors (Lipinski definition) is 0. The Bertz CT molecular complexity index is 947. The summed E-state index contributed by atoms with van der Waals surface area (Å²) in [6, 6.07) is 16.2.